The number of fused-ring (bicyclic) bond motifs is 3. The standard InChI is InChI=1S/C21H28Si/c1-15-8-6-11-18(15)21-14-16-9-4-5-10-17(16)19(21)12-7-13-20(21)22(2)3/h4-6,8-10,16-17,19H,7,11-14H2,1-3H3. The summed E-state index contributed by atoms with van der Waals surface area (Å²) in [7, 11) is -0.341. The predicted molar refractivity (Wildman–Crippen MR) is 98.6 cm³/mol. The highest BCUT2D eigenvalue weighted by atomic mass is 28.2. The zero-order chi connectivity index (χ0) is 15.3. The lowest BCUT2D eigenvalue weighted by Gasteiger charge is -2.46. The van der Waals surface area contributed by atoms with Gasteiger partial charge in [-0.1, -0.05) is 65.9 Å². The fraction of sp³-hybridized carbons (Fsp3) is 0.571. The molecule has 0 N–H and O–H groups in total. The molecule has 1 heteroatoms. The van der Waals surface area contributed by atoms with Crippen molar-refractivity contribution in [2.45, 2.75) is 52.1 Å². The van der Waals surface area contributed by atoms with Crippen molar-refractivity contribution in [2.24, 2.45) is 23.2 Å². The second-order valence-corrected chi connectivity index (χ2v) is 10.5. The Morgan fingerprint density at radius 3 is 2.73 bits per heavy atom. The molecule has 4 aliphatic rings. The molecule has 0 radical (unpaired) electrons. The molecule has 0 bridgehead atoms. The molecule has 0 spiro atoms. The monoisotopic (exact) mass is 308 g/mol. The van der Waals surface area contributed by atoms with E-state index in [4.69, 9.17) is 0 Å². The van der Waals surface area contributed by atoms with E-state index in [0.29, 0.717) is 5.41 Å². The highest BCUT2D eigenvalue weighted by molar-refractivity contribution is 6.70. The van der Waals surface area contributed by atoms with Crippen LogP contribution in [0.25, 0.3) is 0 Å². The van der Waals surface area contributed by atoms with Crippen LogP contribution in [0.1, 0.15) is 39.0 Å². The Kier molecular flexibility index (Phi) is 3.52. The smallest absolute Gasteiger partial charge is 0.0130 e. The summed E-state index contributed by atoms with van der Waals surface area (Å²) in [6, 6.07) is 0. The summed E-state index contributed by atoms with van der Waals surface area (Å²) in [6.45, 7) is 7.44. The quantitative estimate of drug-likeness (QED) is 0.575. The fourth-order valence-corrected chi connectivity index (χ4v) is 8.05. The normalized spacial score (nSPS) is 39.4. The van der Waals surface area contributed by atoms with E-state index in [9.17, 15) is 0 Å². The lowest BCUT2D eigenvalue weighted by atomic mass is 9.61. The first-order valence-electron chi connectivity index (χ1n) is 9.03. The van der Waals surface area contributed by atoms with Gasteiger partial charge in [0.25, 0.3) is 0 Å². The van der Waals surface area contributed by atoms with Gasteiger partial charge >= 0.3 is 0 Å². The molecule has 0 aromatic carbocycles. The molecule has 4 atom stereocenters. The van der Waals surface area contributed by atoms with Crippen LogP contribution < -0.4 is 0 Å². The maximum Gasteiger partial charge on any atom is 0.0130 e. The molecular weight excluding hydrogens is 280 g/mol. The average Bonchev–Trinajstić information content (AvgIpc) is 3.08. The van der Waals surface area contributed by atoms with Crippen LogP contribution in [0.3, 0.4) is 0 Å². The Morgan fingerprint density at radius 1 is 1.18 bits per heavy atom. The third-order valence-electron chi connectivity index (χ3n) is 6.74. The second-order valence-electron chi connectivity index (χ2n) is 7.93. The number of hydrogen-bond acceptors (Lipinski definition) is 0. The topological polar surface area (TPSA) is 0 Å². The first-order chi connectivity index (χ1) is 10.6. The van der Waals surface area contributed by atoms with Gasteiger partial charge in [-0.2, -0.15) is 0 Å². The molecule has 2 saturated carbocycles. The van der Waals surface area contributed by atoms with Gasteiger partial charge in [0, 0.05) is 13.8 Å². The molecule has 0 nitrogen and oxygen atoms in total. The van der Waals surface area contributed by atoms with E-state index in [0.717, 1.165) is 17.8 Å². The van der Waals surface area contributed by atoms with Crippen molar-refractivity contribution in [3.63, 3.8) is 0 Å². The summed E-state index contributed by atoms with van der Waals surface area (Å²) in [4.78, 5) is 0. The van der Waals surface area contributed by atoms with E-state index in [2.05, 4.69) is 56.5 Å². The Balaban J connectivity index is 1.91. The maximum atomic E-state index is 2.54. The Hall–Kier alpha value is -0.953. The summed E-state index contributed by atoms with van der Waals surface area (Å²) < 4.78 is 0. The van der Waals surface area contributed by atoms with Crippen LogP contribution in [0.2, 0.25) is 13.1 Å². The van der Waals surface area contributed by atoms with Gasteiger partial charge in [0.05, 0.1) is 0 Å². The largest absolute Gasteiger partial charge is 0.0808 e. The Morgan fingerprint density at radius 2 is 2.00 bits per heavy atom. The van der Waals surface area contributed by atoms with Crippen LogP contribution in [-0.2, 0) is 0 Å². The van der Waals surface area contributed by atoms with Crippen molar-refractivity contribution in [1.82, 2.24) is 0 Å². The van der Waals surface area contributed by atoms with Gasteiger partial charge in [0.15, 0.2) is 0 Å². The number of allylic oxidation sites excluding steroid dienone is 8. The molecule has 0 aliphatic heterocycles. The van der Waals surface area contributed by atoms with E-state index in [-0.39, 0.29) is 8.41 Å². The highest BCUT2D eigenvalue weighted by Crippen LogP contribution is 2.62. The highest BCUT2D eigenvalue weighted by Gasteiger charge is 2.56. The molecule has 0 aromatic heterocycles. The van der Waals surface area contributed by atoms with Crippen molar-refractivity contribution in [2.75, 3.05) is 0 Å². The van der Waals surface area contributed by atoms with Crippen LogP contribution in [0.4, 0.5) is 0 Å². The predicted octanol–water partition coefficient (Wildman–Crippen LogP) is 5.32. The molecule has 4 unspecified atom stereocenters. The molecule has 2 fully saturated rings. The summed E-state index contributed by atoms with van der Waals surface area (Å²) in [5.41, 5.74) is 3.83. The summed E-state index contributed by atoms with van der Waals surface area (Å²) in [6.07, 6.45) is 21.3. The van der Waals surface area contributed by atoms with Crippen molar-refractivity contribution < 1.29 is 0 Å². The average molecular weight is 309 g/mol. The first-order valence-corrected chi connectivity index (χ1v) is 11.5. The van der Waals surface area contributed by atoms with Gasteiger partial charge in [0.2, 0.25) is 0 Å². The van der Waals surface area contributed by atoms with E-state index in [1.54, 1.807) is 11.1 Å². The molecule has 22 heavy (non-hydrogen) atoms. The first kappa shape index (κ1) is 14.6. The SMILES string of the molecule is CC1=C(C23CC4C=CC=CC4C2CCCC3=[Si](C)C)CC=C1. The molecule has 4 aliphatic carbocycles. The van der Waals surface area contributed by atoms with E-state index < -0.39 is 0 Å². The molecule has 0 saturated heterocycles. The minimum atomic E-state index is -0.341. The van der Waals surface area contributed by atoms with Crippen LogP contribution in [-0.4, -0.2) is 13.6 Å². The van der Waals surface area contributed by atoms with Gasteiger partial charge in [-0.15, -0.1) is 0 Å². The second kappa shape index (κ2) is 5.30. The van der Waals surface area contributed by atoms with Crippen molar-refractivity contribution in [3.05, 3.63) is 47.6 Å². The van der Waals surface area contributed by atoms with Gasteiger partial charge in [-0.3, -0.25) is 0 Å². The number of hydrogen-bond donors (Lipinski definition) is 0. The molecular formula is C21H28Si. The zero-order valence-electron chi connectivity index (χ0n) is 14.2. The molecule has 116 valence electrons. The Labute approximate surface area is 136 Å². The van der Waals surface area contributed by atoms with Crippen LogP contribution in [0.15, 0.2) is 47.6 Å². The lowest BCUT2D eigenvalue weighted by Crippen LogP contribution is -2.44. The van der Waals surface area contributed by atoms with E-state index in [1.165, 1.54) is 32.1 Å². The fourth-order valence-electron chi connectivity index (χ4n) is 6.04. The van der Waals surface area contributed by atoms with Crippen molar-refractivity contribution in [3.8, 4) is 0 Å². The zero-order valence-corrected chi connectivity index (χ0v) is 15.2. The van der Waals surface area contributed by atoms with E-state index >= 15 is 0 Å². The van der Waals surface area contributed by atoms with Gasteiger partial charge in [-0.25, -0.2) is 0 Å². The number of rotatable bonds is 1. The maximum absolute atomic E-state index is 2.54. The van der Waals surface area contributed by atoms with Gasteiger partial charge in [-0.05, 0) is 56.8 Å². The molecule has 0 amide bonds. The van der Waals surface area contributed by atoms with Gasteiger partial charge < -0.3 is 0 Å². The third-order valence-corrected chi connectivity index (χ3v) is 8.64. The molecule has 0 aromatic rings. The van der Waals surface area contributed by atoms with Crippen LogP contribution >= 0.6 is 0 Å². The van der Waals surface area contributed by atoms with Crippen LogP contribution in [0, 0.1) is 23.2 Å². The minimum Gasteiger partial charge on any atom is -0.0808 e. The summed E-state index contributed by atoms with van der Waals surface area (Å²) in [5, 5.41) is 1.98. The molecule has 4 rings (SSSR count). The minimum absolute atomic E-state index is 0.341. The third kappa shape index (κ3) is 1.91. The lowest BCUT2D eigenvalue weighted by molar-refractivity contribution is 0.269. The van der Waals surface area contributed by atoms with E-state index in [1.807, 2.05) is 5.17 Å². The Bertz CT molecular complexity index is 635. The van der Waals surface area contributed by atoms with Crippen molar-refractivity contribution in [1.29, 1.82) is 0 Å². The summed E-state index contributed by atoms with van der Waals surface area (Å²) in [5.74, 6) is 2.44. The van der Waals surface area contributed by atoms with Crippen molar-refractivity contribution >= 4 is 13.6 Å². The molecule has 0 heterocycles. The van der Waals surface area contributed by atoms with Gasteiger partial charge in [0.1, 0.15) is 0 Å². The summed E-state index contributed by atoms with van der Waals surface area (Å²) >= 11 is 0. The van der Waals surface area contributed by atoms with Crippen LogP contribution in [0.5, 0.6) is 0 Å².